The number of esters is 1. The lowest BCUT2D eigenvalue weighted by Gasteiger charge is -2.52. The van der Waals surface area contributed by atoms with E-state index in [1.165, 1.54) is 24.8 Å². The second-order valence-corrected chi connectivity index (χ2v) is 8.88. The smallest absolute Gasteiger partial charge is 0.334 e. The zero-order valence-corrected chi connectivity index (χ0v) is 14.2. The Kier molecular flexibility index (Phi) is 2.43. The van der Waals surface area contributed by atoms with E-state index >= 15 is 0 Å². The molecular formula is C20H24O3. The fourth-order valence-corrected chi connectivity index (χ4v) is 6.54. The molecule has 5 rings (SSSR count). The van der Waals surface area contributed by atoms with Crippen molar-refractivity contribution in [3.05, 3.63) is 22.3 Å². The third-order valence-electron chi connectivity index (χ3n) is 7.96. The molecule has 0 bridgehead atoms. The van der Waals surface area contributed by atoms with Gasteiger partial charge in [-0.05, 0) is 67.3 Å². The molecule has 0 aromatic heterocycles. The number of carbonyl (C=O) groups is 2. The van der Waals surface area contributed by atoms with Gasteiger partial charge in [-0.1, -0.05) is 19.4 Å². The second-order valence-electron chi connectivity index (χ2n) is 8.88. The number of hydrogen-bond donors (Lipinski definition) is 0. The van der Waals surface area contributed by atoms with Crippen molar-refractivity contribution in [2.24, 2.45) is 22.7 Å². The number of fused-ring (bicyclic) bond motifs is 5. The standard InChI is InChI=1S/C20H24O3/c1-10-16-14(23-18(10)22)8-13-12(17(16)21)4-5-15-19(13,2)7-6-11-9-20(11,15)3/h11,14-15H,4-9H2,1-3H3. The molecule has 1 aliphatic heterocycles. The number of allylic oxidation sites excluding steroid dienone is 1. The molecule has 0 N–H and O–H groups in total. The Morgan fingerprint density at radius 2 is 1.96 bits per heavy atom. The van der Waals surface area contributed by atoms with E-state index in [4.69, 9.17) is 4.74 Å². The SMILES string of the molecule is CC1=C2C(=O)C3=C(CC2OC1=O)C1(C)CCC2CC2(C)C1CC3. The predicted octanol–water partition coefficient (Wildman–Crippen LogP) is 3.73. The van der Waals surface area contributed by atoms with E-state index in [-0.39, 0.29) is 23.3 Å². The summed E-state index contributed by atoms with van der Waals surface area (Å²) in [5, 5.41) is 0. The van der Waals surface area contributed by atoms with Crippen molar-refractivity contribution in [3.8, 4) is 0 Å². The maximum Gasteiger partial charge on any atom is 0.334 e. The monoisotopic (exact) mass is 312 g/mol. The van der Waals surface area contributed by atoms with Crippen LogP contribution in [0.5, 0.6) is 0 Å². The lowest BCUT2D eigenvalue weighted by atomic mass is 9.52. The van der Waals surface area contributed by atoms with Crippen LogP contribution < -0.4 is 0 Å². The summed E-state index contributed by atoms with van der Waals surface area (Å²) in [6.45, 7) is 6.59. The van der Waals surface area contributed by atoms with Crippen LogP contribution in [0.1, 0.15) is 59.3 Å². The molecule has 5 unspecified atom stereocenters. The summed E-state index contributed by atoms with van der Waals surface area (Å²) in [5.41, 5.74) is 4.18. The maximum atomic E-state index is 13.0. The van der Waals surface area contributed by atoms with Gasteiger partial charge in [0.15, 0.2) is 5.78 Å². The van der Waals surface area contributed by atoms with Crippen molar-refractivity contribution >= 4 is 11.8 Å². The van der Waals surface area contributed by atoms with Crippen LogP contribution in [0.25, 0.3) is 0 Å². The van der Waals surface area contributed by atoms with Crippen molar-refractivity contribution in [3.63, 3.8) is 0 Å². The Morgan fingerprint density at radius 3 is 2.74 bits per heavy atom. The Balaban J connectivity index is 1.62. The van der Waals surface area contributed by atoms with Crippen molar-refractivity contribution < 1.29 is 14.3 Å². The molecule has 5 aliphatic rings. The van der Waals surface area contributed by atoms with E-state index in [9.17, 15) is 9.59 Å². The molecule has 3 nitrogen and oxygen atoms in total. The lowest BCUT2D eigenvalue weighted by Crippen LogP contribution is -2.45. The van der Waals surface area contributed by atoms with Gasteiger partial charge >= 0.3 is 5.97 Å². The molecule has 2 fully saturated rings. The van der Waals surface area contributed by atoms with E-state index in [1.54, 1.807) is 6.92 Å². The number of ether oxygens (including phenoxy) is 1. The zero-order chi connectivity index (χ0) is 16.1. The van der Waals surface area contributed by atoms with Gasteiger partial charge < -0.3 is 4.74 Å². The Bertz CT molecular complexity index is 727. The summed E-state index contributed by atoms with van der Waals surface area (Å²) >= 11 is 0. The average Bonchev–Trinajstić information content (AvgIpc) is 3.10. The topological polar surface area (TPSA) is 43.4 Å². The summed E-state index contributed by atoms with van der Waals surface area (Å²) < 4.78 is 5.52. The molecule has 0 radical (unpaired) electrons. The van der Waals surface area contributed by atoms with Gasteiger partial charge in [0.1, 0.15) is 6.10 Å². The molecule has 0 amide bonds. The first-order valence-corrected chi connectivity index (χ1v) is 9.05. The van der Waals surface area contributed by atoms with Gasteiger partial charge in [0, 0.05) is 12.0 Å². The largest absolute Gasteiger partial charge is 0.454 e. The first kappa shape index (κ1) is 14.0. The number of ketones is 1. The molecule has 3 heteroatoms. The molecule has 5 atom stereocenters. The predicted molar refractivity (Wildman–Crippen MR) is 85.5 cm³/mol. The van der Waals surface area contributed by atoms with Crippen LogP contribution in [0.4, 0.5) is 0 Å². The van der Waals surface area contributed by atoms with Crippen LogP contribution >= 0.6 is 0 Å². The molecule has 0 saturated heterocycles. The Morgan fingerprint density at radius 1 is 1.17 bits per heavy atom. The molecule has 0 spiro atoms. The summed E-state index contributed by atoms with van der Waals surface area (Å²) in [7, 11) is 0. The van der Waals surface area contributed by atoms with Crippen molar-refractivity contribution in [1.29, 1.82) is 0 Å². The van der Waals surface area contributed by atoms with Gasteiger partial charge in [-0.2, -0.15) is 0 Å². The van der Waals surface area contributed by atoms with E-state index in [2.05, 4.69) is 13.8 Å². The van der Waals surface area contributed by atoms with Gasteiger partial charge in [0.2, 0.25) is 0 Å². The van der Waals surface area contributed by atoms with Gasteiger partial charge in [0.25, 0.3) is 0 Å². The van der Waals surface area contributed by atoms with Crippen LogP contribution in [0.2, 0.25) is 0 Å². The van der Waals surface area contributed by atoms with E-state index in [1.807, 2.05) is 0 Å². The molecule has 0 aromatic carbocycles. The highest BCUT2D eigenvalue weighted by atomic mass is 16.5. The highest BCUT2D eigenvalue weighted by Gasteiger charge is 2.65. The van der Waals surface area contributed by atoms with Gasteiger partial charge in [0.05, 0.1) is 5.57 Å². The summed E-state index contributed by atoms with van der Waals surface area (Å²) in [5.74, 6) is 1.42. The molecule has 2 saturated carbocycles. The fourth-order valence-electron chi connectivity index (χ4n) is 6.54. The highest BCUT2D eigenvalue weighted by Crippen LogP contribution is 2.73. The minimum Gasteiger partial charge on any atom is -0.454 e. The average molecular weight is 312 g/mol. The number of rotatable bonds is 0. The molecular weight excluding hydrogens is 288 g/mol. The fraction of sp³-hybridized carbons (Fsp3) is 0.700. The van der Waals surface area contributed by atoms with Crippen LogP contribution in [0, 0.1) is 22.7 Å². The van der Waals surface area contributed by atoms with Gasteiger partial charge in [-0.3, -0.25) is 4.79 Å². The minimum atomic E-state index is -0.311. The van der Waals surface area contributed by atoms with E-state index < -0.39 is 0 Å². The molecule has 122 valence electrons. The summed E-state index contributed by atoms with van der Waals surface area (Å²) in [4.78, 5) is 25.0. The minimum absolute atomic E-state index is 0.113. The Hall–Kier alpha value is -1.38. The molecule has 1 heterocycles. The summed E-state index contributed by atoms with van der Waals surface area (Å²) in [6, 6.07) is 0. The zero-order valence-electron chi connectivity index (χ0n) is 14.2. The molecule has 4 aliphatic carbocycles. The molecule has 0 aromatic rings. The van der Waals surface area contributed by atoms with Gasteiger partial charge in [-0.15, -0.1) is 0 Å². The van der Waals surface area contributed by atoms with E-state index in [0.717, 1.165) is 30.8 Å². The van der Waals surface area contributed by atoms with Crippen LogP contribution in [-0.4, -0.2) is 17.9 Å². The number of carbonyl (C=O) groups excluding carboxylic acids is 2. The maximum absolute atomic E-state index is 13.0. The molecule has 23 heavy (non-hydrogen) atoms. The van der Waals surface area contributed by atoms with Crippen LogP contribution in [0.3, 0.4) is 0 Å². The number of hydrogen-bond acceptors (Lipinski definition) is 3. The Labute approximate surface area is 137 Å². The van der Waals surface area contributed by atoms with Crippen LogP contribution in [0.15, 0.2) is 22.3 Å². The number of Topliss-reactive ketones (excluding diaryl/α,β-unsaturated/α-hetero) is 1. The van der Waals surface area contributed by atoms with Crippen molar-refractivity contribution in [2.45, 2.75) is 65.4 Å². The normalized spacial score (nSPS) is 47.7. The van der Waals surface area contributed by atoms with Crippen molar-refractivity contribution in [1.82, 2.24) is 0 Å². The lowest BCUT2D eigenvalue weighted by molar-refractivity contribution is -0.140. The second kappa shape index (κ2) is 3.99. The van der Waals surface area contributed by atoms with Gasteiger partial charge in [-0.25, -0.2) is 4.79 Å². The summed E-state index contributed by atoms with van der Waals surface area (Å²) in [6.07, 6.45) is 6.34. The first-order valence-electron chi connectivity index (χ1n) is 9.05. The first-order chi connectivity index (χ1) is 10.9. The quantitative estimate of drug-likeness (QED) is 0.640. The third-order valence-corrected chi connectivity index (χ3v) is 7.96. The third kappa shape index (κ3) is 1.52. The van der Waals surface area contributed by atoms with Crippen LogP contribution in [-0.2, 0) is 14.3 Å². The van der Waals surface area contributed by atoms with E-state index in [0.29, 0.717) is 22.5 Å². The van der Waals surface area contributed by atoms with Crippen molar-refractivity contribution in [2.75, 3.05) is 0 Å². The highest BCUT2D eigenvalue weighted by molar-refractivity contribution is 6.16.